The molecular formula is C20H34IN3O2. The van der Waals surface area contributed by atoms with Crippen LogP contribution in [0.2, 0.25) is 0 Å². The highest BCUT2D eigenvalue weighted by molar-refractivity contribution is 14.0. The lowest BCUT2D eigenvalue weighted by atomic mass is 9.85. The molecule has 0 aliphatic carbocycles. The first-order valence-electron chi connectivity index (χ1n) is 9.27. The number of halogens is 1. The molecule has 0 radical (unpaired) electrons. The number of rotatable bonds is 9. The molecule has 1 aromatic carbocycles. The second kappa shape index (κ2) is 12.5. The third kappa shape index (κ3) is 8.22. The van der Waals surface area contributed by atoms with E-state index in [0.717, 1.165) is 58.3 Å². The minimum atomic E-state index is 0. The van der Waals surface area contributed by atoms with Gasteiger partial charge in [-0.25, -0.2) is 0 Å². The maximum atomic E-state index is 5.72. The second-order valence-electron chi connectivity index (χ2n) is 7.26. The summed E-state index contributed by atoms with van der Waals surface area (Å²) >= 11 is 0. The minimum Gasteiger partial charge on any atom is -0.381 e. The molecule has 1 aliphatic rings. The average molecular weight is 475 g/mol. The fourth-order valence-corrected chi connectivity index (χ4v) is 2.86. The van der Waals surface area contributed by atoms with Gasteiger partial charge >= 0.3 is 0 Å². The molecule has 1 aromatic rings. The number of guanidine groups is 1. The van der Waals surface area contributed by atoms with Crippen LogP contribution < -0.4 is 10.6 Å². The van der Waals surface area contributed by atoms with Crippen LogP contribution in [0.5, 0.6) is 0 Å². The van der Waals surface area contributed by atoms with Crippen molar-refractivity contribution in [2.45, 2.75) is 32.1 Å². The van der Waals surface area contributed by atoms with E-state index in [2.05, 4.69) is 59.8 Å². The van der Waals surface area contributed by atoms with Gasteiger partial charge in [0.2, 0.25) is 0 Å². The molecule has 0 bridgehead atoms. The summed E-state index contributed by atoms with van der Waals surface area (Å²) in [7, 11) is 1.81. The normalized spacial score (nSPS) is 17.7. The molecule has 148 valence electrons. The summed E-state index contributed by atoms with van der Waals surface area (Å²) in [5.41, 5.74) is 1.37. The molecule has 6 heteroatoms. The van der Waals surface area contributed by atoms with Gasteiger partial charge in [-0.3, -0.25) is 4.99 Å². The van der Waals surface area contributed by atoms with Crippen molar-refractivity contribution >= 4 is 29.9 Å². The van der Waals surface area contributed by atoms with Gasteiger partial charge in [0.1, 0.15) is 0 Å². The third-order valence-corrected chi connectivity index (χ3v) is 4.61. The van der Waals surface area contributed by atoms with E-state index in [1.807, 2.05) is 0 Å². The number of hydrogen-bond acceptors (Lipinski definition) is 3. The second-order valence-corrected chi connectivity index (χ2v) is 7.26. The van der Waals surface area contributed by atoms with Gasteiger partial charge in [0.05, 0.1) is 13.2 Å². The van der Waals surface area contributed by atoms with Crippen LogP contribution in [0.25, 0.3) is 0 Å². The van der Waals surface area contributed by atoms with Crippen molar-refractivity contribution in [3.63, 3.8) is 0 Å². The molecule has 1 atom stereocenters. The van der Waals surface area contributed by atoms with Crippen LogP contribution in [-0.4, -0.2) is 52.5 Å². The highest BCUT2D eigenvalue weighted by atomic mass is 127. The Morgan fingerprint density at radius 3 is 2.69 bits per heavy atom. The third-order valence-electron chi connectivity index (χ3n) is 4.61. The maximum absolute atomic E-state index is 5.72. The van der Waals surface area contributed by atoms with E-state index in [1.165, 1.54) is 5.56 Å². The standard InChI is InChI=1S/C20H33N3O2.HI/c1-20(2,18-8-5-4-6-9-18)16-23-19(21-3)22-11-7-12-24-14-17-10-13-25-15-17;/h4-6,8-9,17H,7,10-16H2,1-3H3,(H2,21,22,23);1H. The van der Waals surface area contributed by atoms with E-state index in [-0.39, 0.29) is 29.4 Å². The molecule has 0 spiro atoms. The Morgan fingerprint density at radius 2 is 2.04 bits per heavy atom. The summed E-state index contributed by atoms with van der Waals surface area (Å²) in [6.45, 7) is 9.49. The summed E-state index contributed by atoms with van der Waals surface area (Å²) < 4.78 is 11.1. The molecule has 0 saturated carbocycles. The number of nitrogens with zero attached hydrogens (tertiary/aromatic N) is 1. The molecule has 26 heavy (non-hydrogen) atoms. The molecule has 1 fully saturated rings. The largest absolute Gasteiger partial charge is 0.381 e. The van der Waals surface area contributed by atoms with Crippen LogP contribution in [0, 0.1) is 5.92 Å². The Morgan fingerprint density at radius 1 is 1.27 bits per heavy atom. The summed E-state index contributed by atoms with van der Waals surface area (Å²) in [6, 6.07) is 10.6. The van der Waals surface area contributed by atoms with Gasteiger partial charge in [-0.2, -0.15) is 0 Å². The fraction of sp³-hybridized carbons (Fsp3) is 0.650. The Balaban J connectivity index is 0.00000338. The SMILES string of the molecule is CN=C(NCCCOCC1CCOC1)NCC(C)(C)c1ccccc1.I. The lowest BCUT2D eigenvalue weighted by Crippen LogP contribution is -2.43. The van der Waals surface area contributed by atoms with Gasteiger partial charge in [-0.15, -0.1) is 24.0 Å². The van der Waals surface area contributed by atoms with Crippen molar-refractivity contribution in [2.24, 2.45) is 10.9 Å². The predicted octanol–water partition coefficient (Wildman–Crippen LogP) is 3.19. The molecule has 1 aliphatic heterocycles. The van der Waals surface area contributed by atoms with E-state index in [1.54, 1.807) is 7.05 Å². The van der Waals surface area contributed by atoms with Crippen molar-refractivity contribution in [2.75, 3.05) is 46.6 Å². The zero-order chi connectivity index (χ0) is 18.0. The Hall–Kier alpha value is -0.860. The van der Waals surface area contributed by atoms with Crippen molar-refractivity contribution in [1.29, 1.82) is 0 Å². The number of ether oxygens (including phenoxy) is 2. The highest BCUT2D eigenvalue weighted by Gasteiger charge is 2.20. The molecule has 1 heterocycles. The summed E-state index contributed by atoms with van der Waals surface area (Å²) in [6.07, 6.45) is 2.10. The van der Waals surface area contributed by atoms with Gasteiger partial charge in [-0.1, -0.05) is 44.2 Å². The zero-order valence-electron chi connectivity index (χ0n) is 16.3. The molecule has 0 amide bonds. The molecule has 5 nitrogen and oxygen atoms in total. The van der Waals surface area contributed by atoms with Crippen LogP contribution in [0.4, 0.5) is 0 Å². The lowest BCUT2D eigenvalue weighted by molar-refractivity contribution is 0.0888. The molecule has 0 aromatic heterocycles. The van der Waals surface area contributed by atoms with E-state index in [9.17, 15) is 0 Å². The highest BCUT2D eigenvalue weighted by Crippen LogP contribution is 2.21. The van der Waals surface area contributed by atoms with E-state index >= 15 is 0 Å². The molecule has 2 rings (SSSR count). The van der Waals surface area contributed by atoms with Crippen LogP contribution in [0.1, 0.15) is 32.3 Å². The van der Waals surface area contributed by atoms with E-state index in [4.69, 9.17) is 9.47 Å². The molecule has 1 unspecified atom stereocenters. The van der Waals surface area contributed by atoms with Gasteiger partial charge in [0, 0.05) is 44.7 Å². The smallest absolute Gasteiger partial charge is 0.191 e. The maximum Gasteiger partial charge on any atom is 0.191 e. The van der Waals surface area contributed by atoms with Gasteiger partial charge in [0.15, 0.2) is 5.96 Å². The number of aliphatic imine (C=N–C) groups is 1. The monoisotopic (exact) mass is 475 g/mol. The van der Waals surface area contributed by atoms with Crippen LogP contribution in [0.15, 0.2) is 35.3 Å². The molecule has 2 N–H and O–H groups in total. The first-order valence-corrected chi connectivity index (χ1v) is 9.27. The van der Waals surface area contributed by atoms with Crippen molar-refractivity contribution in [3.05, 3.63) is 35.9 Å². The fourth-order valence-electron chi connectivity index (χ4n) is 2.86. The Kier molecular flexibility index (Phi) is 11.2. The topological polar surface area (TPSA) is 54.9 Å². The molecule has 1 saturated heterocycles. The quantitative estimate of drug-likeness (QED) is 0.249. The summed E-state index contributed by atoms with van der Waals surface area (Å²) in [5.74, 6) is 1.43. The number of benzene rings is 1. The van der Waals surface area contributed by atoms with Gasteiger partial charge < -0.3 is 20.1 Å². The first-order chi connectivity index (χ1) is 12.1. The summed E-state index contributed by atoms with van der Waals surface area (Å²) in [5, 5.41) is 6.78. The molecular weight excluding hydrogens is 441 g/mol. The van der Waals surface area contributed by atoms with Gasteiger partial charge in [-0.05, 0) is 18.4 Å². The number of hydrogen-bond donors (Lipinski definition) is 2. The van der Waals surface area contributed by atoms with Crippen molar-refractivity contribution < 1.29 is 9.47 Å². The zero-order valence-corrected chi connectivity index (χ0v) is 18.6. The van der Waals surface area contributed by atoms with Crippen LogP contribution >= 0.6 is 24.0 Å². The number of nitrogens with one attached hydrogen (secondary N) is 2. The lowest BCUT2D eigenvalue weighted by Gasteiger charge is -2.26. The van der Waals surface area contributed by atoms with Crippen LogP contribution in [-0.2, 0) is 14.9 Å². The van der Waals surface area contributed by atoms with Crippen LogP contribution in [0.3, 0.4) is 0 Å². The van der Waals surface area contributed by atoms with Crippen molar-refractivity contribution in [1.82, 2.24) is 10.6 Å². The van der Waals surface area contributed by atoms with E-state index in [0.29, 0.717) is 5.92 Å². The minimum absolute atomic E-state index is 0. The summed E-state index contributed by atoms with van der Waals surface area (Å²) in [4.78, 5) is 4.30. The van der Waals surface area contributed by atoms with Gasteiger partial charge in [0.25, 0.3) is 0 Å². The first kappa shape index (κ1) is 23.2. The van der Waals surface area contributed by atoms with Crippen molar-refractivity contribution in [3.8, 4) is 0 Å². The van der Waals surface area contributed by atoms with E-state index < -0.39 is 0 Å². The Bertz CT molecular complexity index is 517. The predicted molar refractivity (Wildman–Crippen MR) is 119 cm³/mol. The Labute approximate surface area is 175 Å². The average Bonchev–Trinajstić information content (AvgIpc) is 3.14.